The highest BCUT2D eigenvalue weighted by molar-refractivity contribution is 5.68. The van der Waals surface area contributed by atoms with E-state index in [0.717, 1.165) is 5.56 Å². The maximum atomic E-state index is 13.4. The highest BCUT2D eigenvalue weighted by atomic mass is 19.1. The number of anilines is 2. The summed E-state index contributed by atoms with van der Waals surface area (Å²) >= 11 is 0. The first-order chi connectivity index (χ1) is 9.63. The van der Waals surface area contributed by atoms with E-state index < -0.39 is 5.82 Å². The monoisotopic (exact) mass is 271 g/mol. The van der Waals surface area contributed by atoms with Gasteiger partial charge in [0.2, 0.25) is 0 Å². The van der Waals surface area contributed by atoms with Crippen molar-refractivity contribution in [1.29, 1.82) is 5.26 Å². The van der Waals surface area contributed by atoms with Gasteiger partial charge in [0.05, 0.1) is 30.1 Å². The van der Waals surface area contributed by atoms with Crippen LogP contribution >= 0.6 is 0 Å². The summed E-state index contributed by atoms with van der Waals surface area (Å²) in [6.45, 7) is 0.519. The van der Waals surface area contributed by atoms with E-state index in [1.165, 1.54) is 19.2 Å². The van der Waals surface area contributed by atoms with Crippen molar-refractivity contribution in [2.45, 2.75) is 6.54 Å². The van der Waals surface area contributed by atoms with Crippen LogP contribution in [0.4, 0.5) is 15.8 Å². The minimum atomic E-state index is -0.492. The molecule has 0 radical (unpaired) electrons. The molecule has 0 saturated heterocycles. The minimum Gasteiger partial charge on any atom is -0.494 e. The van der Waals surface area contributed by atoms with Crippen molar-refractivity contribution in [1.82, 2.24) is 0 Å². The van der Waals surface area contributed by atoms with Gasteiger partial charge in [-0.1, -0.05) is 12.1 Å². The van der Waals surface area contributed by atoms with E-state index in [1.54, 1.807) is 12.1 Å². The number of benzene rings is 2. The van der Waals surface area contributed by atoms with Gasteiger partial charge in [-0.25, -0.2) is 4.39 Å². The lowest BCUT2D eigenvalue weighted by Gasteiger charge is -2.12. The van der Waals surface area contributed by atoms with Crippen LogP contribution in [0, 0.1) is 17.1 Å². The summed E-state index contributed by atoms with van der Waals surface area (Å²) in [5.74, 6) is -0.351. The number of hydrogen-bond acceptors (Lipinski definition) is 4. The number of nitriles is 1. The Morgan fingerprint density at radius 2 is 2.00 bits per heavy atom. The molecule has 0 aliphatic carbocycles. The molecule has 0 unspecified atom stereocenters. The second kappa shape index (κ2) is 5.93. The molecule has 0 heterocycles. The van der Waals surface area contributed by atoms with Gasteiger partial charge in [-0.3, -0.25) is 0 Å². The van der Waals surface area contributed by atoms with Gasteiger partial charge < -0.3 is 15.8 Å². The molecular weight excluding hydrogens is 257 g/mol. The van der Waals surface area contributed by atoms with E-state index >= 15 is 0 Å². The summed E-state index contributed by atoms with van der Waals surface area (Å²) in [4.78, 5) is 0. The molecule has 3 N–H and O–H groups in total. The Hall–Kier alpha value is -2.74. The van der Waals surface area contributed by atoms with Crippen LogP contribution in [0.15, 0.2) is 36.4 Å². The second-order valence-electron chi connectivity index (χ2n) is 4.24. The molecular formula is C15H14FN3O. The molecule has 20 heavy (non-hydrogen) atoms. The van der Waals surface area contributed by atoms with Gasteiger partial charge in [0.1, 0.15) is 0 Å². The number of nitrogens with two attached hydrogens (primary N) is 1. The van der Waals surface area contributed by atoms with Gasteiger partial charge >= 0.3 is 0 Å². The largest absolute Gasteiger partial charge is 0.494 e. The normalized spacial score (nSPS) is 9.85. The number of methoxy groups -OCH3 is 1. The predicted octanol–water partition coefficient (Wildman–Crippen LogP) is 2.90. The Morgan fingerprint density at radius 1 is 1.30 bits per heavy atom. The van der Waals surface area contributed by atoms with E-state index in [0.29, 0.717) is 23.5 Å². The van der Waals surface area contributed by atoms with Crippen LogP contribution in [0.25, 0.3) is 0 Å². The smallest absolute Gasteiger partial charge is 0.167 e. The molecule has 0 spiro atoms. The zero-order chi connectivity index (χ0) is 14.5. The maximum absolute atomic E-state index is 13.4. The number of nitrogen functional groups attached to an aromatic ring is 1. The van der Waals surface area contributed by atoms with Gasteiger partial charge in [-0.05, 0) is 17.7 Å². The lowest BCUT2D eigenvalue weighted by Crippen LogP contribution is -2.04. The molecule has 0 bridgehead atoms. The fourth-order valence-electron chi connectivity index (χ4n) is 1.77. The fraction of sp³-hybridized carbons (Fsp3) is 0.133. The van der Waals surface area contributed by atoms with Crippen LogP contribution in [0.2, 0.25) is 0 Å². The summed E-state index contributed by atoms with van der Waals surface area (Å²) < 4.78 is 18.3. The lowest BCUT2D eigenvalue weighted by molar-refractivity contribution is 0.387. The van der Waals surface area contributed by atoms with Crippen molar-refractivity contribution < 1.29 is 9.13 Å². The summed E-state index contributed by atoms with van der Waals surface area (Å²) in [5, 5.41) is 11.8. The molecule has 0 aliphatic heterocycles. The number of nitrogens with zero attached hydrogens (tertiary/aromatic N) is 1. The highest BCUT2D eigenvalue weighted by Gasteiger charge is 2.08. The number of hydrogen-bond donors (Lipinski definition) is 2. The zero-order valence-electron chi connectivity index (χ0n) is 11.0. The average Bonchev–Trinajstić information content (AvgIpc) is 2.47. The average molecular weight is 271 g/mol. The topological polar surface area (TPSA) is 71.1 Å². The number of nitrogens with one attached hydrogen (secondary N) is 1. The predicted molar refractivity (Wildman–Crippen MR) is 75.8 cm³/mol. The van der Waals surface area contributed by atoms with E-state index in [4.69, 9.17) is 15.7 Å². The summed E-state index contributed by atoms with van der Waals surface area (Å²) in [7, 11) is 1.40. The third-order valence-electron chi connectivity index (χ3n) is 2.89. The Kier molecular flexibility index (Phi) is 4.06. The molecule has 0 aromatic heterocycles. The van der Waals surface area contributed by atoms with Crippen LogP contribution in [0.5, 0.6) is 5.75 Å². The standard InChI is InChI=1S/C15H14FN3O/c1-20-15-7-14(13(18)6-12(15)16)19-9-11-4-2-10(8-17)3-5-11/h2-7,19H,9,18H2,1H3. The first kappa shape index (κ1) is 13.7. The summed E-state index contributed by atoms with van der Waals surface area (Å²) in [6.07, 6.45) is 0. The van der Waals surface area contributed by atoms with Gasteiger partial charge in [0, 0.05) is 18.7 Å². The van der Waals surface area contributed by atoms with Crippen LogP contribution in [0.1, 0.15) is 11.1 Å². The van der Waals surface area contributed by atoms with Crippen LogP contribution in [-0.4, -0.2) is 7.11 Å². The molecule has 0 aliphatic rings. The first-order valence-electron chi connectivity index (χ1n) is 6.00. The molecule has 102 valence electrons. The third kappa shape index (κ3) is 2.98. The van der Waals surface area contributed by atoms with Crippen LogP contribution in [-0.2, 0) is 6.54 Å². The Morgan fingerprint density at radius 3 is 2.60 bits per heavy atom. The van der Waals surface area contributed by atoms with Gasteiger partial charge in [-0.2, -0.15) is 5.26 Å². The Labute approximate surface area is 116 Å². The zero-order valence-corrected chi connectivity index (χ0v) is 11.0. The van der Waals surface area contributed by atoms with Crippen molar-refractivity contribution in [2.24, 2.45) is 0 Å². The van der Waals surface area contributed by atoms with Crippen molar-refractivity contribution in [3.63, 3.8) is 0 Å². The number of halogens is 1. The Balaban J connectivity index is 2.12. The second-order valence-corrected chi connectivity index (χ2v) is 4.24. The fourth-order valence-corrected chi connectivity index (χ4v) is 1.77. The highest BCUT2D eigenvalue weighted by Crippen LogP contribution is 2.28. The molecule has 5 heteroatoms. The van der Waals surface area contributed by atoms with Gasteiger partial charge in [0.25, 0.3) is 0 Å². The Bertz CT molecular complexity index is 647. The van der Waals surface area contributed by atoms with Crippen molar-refractivity contribution in [3.8, 4) is 11.8 Å². The van der Waals surface area contributed by atoms with E-state index in [2.05, 4.69) is 11.4 Å². The molecule has 4 nitrogen and oxygen atoms in total. The summed E-state index contributed by atoms with van der Waals surface area (Å²) in [6, 6.07) is 12.0. The third-order valence-corrected chi connectivity index (χ3v) is 2.89. The molecule has 0 amide bonds. The van der Waals surface area contributed by atoms with Gasteiger partial charge in [-0.15, -0.1) is 0 Å². The molecule has 0 saturated carbocycles. The number of ether oxygens (including phenoxy) is 1. The van der Waals surface area contributed by atoms with E-state index in [-0.39, 0.29) is 5.75 Å². The quantitative estimate of drug-likeness (QED) is 0.839. The molecule has 2 rings (SSSR count). The molecule has 0 fully saturated rings. The SMILES string of the molecule is COc1cc(NCc2ccc(C#N)cc2)c(N)cc1F. The van der Waals surface area contributed by atoms with E-state index in [1.807, 2.05) is 12.1 Å². The first-order valence-corrected chi connectivity index (χ1v) is 6.00. The van der Waals surface area contributed by atoms with Crippen molar-refractivity contribution in [3.05, 3.63) is 53.3 Å². The molecule has 0 atom stereocenters. The lowest BCUT2D eigenvalue weighted by atomic mass is 10.1. The number of rotatable bonds is 4. The van der Waals surface area contributed by atoms with Gasteiger partial charge in [0.15, 0.2) is 11.6 Å². The van der Waals surface area contributed by atoms with E-state index in [9.17, 15) is 4.39 Å². The summed E-state index contributed by atoms with van der Waals surface area (Å²) in [5.41, 5.74) is 8.27. The maximum Gasteiger partial charge on any atom is 0.167 e. The van der Waals surface area contributed by atoms with Crippen LogP contribution in [0.3, 0.4) is 0 Å². The molecule has 2 aromatic rings. The van der Waals surface area contributed by atoms with Crippen molar-refractivity contribution in [2.75, 3.05) is 18.2 Å². The minimum absolute atomic E-state index is 0.140. The van der Waals surface area contributed by atoms with Crippen LogP contribution < -0.4 is 15.8 Å². The van der Waals surface area contributed by atoms with Crippen molar-refractivity contribution >= 4 is 11.4 Å². The molecule has 2 aromatic carbocycles.